The SMILES string of the molecule is Nc1ccccc1Sc1ccc(N)c2cccnc12. The maximum Gasteiger partial charge on any atom is 0.0861 e. The highest BCUT2D eigenvalue weighted by Crippen LogP contribution is 2.36. The van der Waals surface area contributed by atoms with Crippen molar-refractivity contribution in [1.29, 1.82) is 0 Å². The molecule has 0 aliphatic carbocycles. The molecule has 1 aromatic heterocycles. The average molecular weight is 267 g/mol. The Bertz CT molecular complexity index is 740. The van der Waals surface area contributed by atoms with Crippen molar-refractivity contribution in [3.8, 4) is 0 Å². The summed E-state index contributed by atoms with van der Waals surface area (Å²) in [6, 6.07) is 15.6. The highest BCUT2D eigenvalue weighted by Gasteiger charge is 2.08. The van der Waals surface area contributed by atoms with Gasteiger partial charge in [-0.15, -0.1) is 0 Å². The smallest absolute Gasteiger partial charge is 0.0861 e. The van der Waals surface area contributed by atoms with Crippen LogP contribution >= 0.6 is 11.8 Å². The number of benzene rings is 2. The van der Waals surface area contributed by atoms with Crippen LogP contribution in [0.2, 0.25) is 0 Å². The van der Waals surface area contributed by atoms with Crippen molar-refractivity contribution < 1.29 is 0 Å². The number of hydrogen-bond acceptors (Lipinski definition) is 4. The quantitative estimate of drug-likeness (QED) is 0.697. The third kappa shape index (κ3) is 2.22. The van der Waals surface area contributed by atoms with E-state index in [0.717, 1.165) is 32.1 Å². The minimum atomic E-state index is 0.744. The molecule has 0 aliphatic rings. The Balaban J connectivity index is 2.12. The standard InChI is InChI=1S/C15H13N3S/c16-11-7-8-14(15-10(11)4-3-9-18-15)19-13-6-2-1-5-12(13)17/h1-9H,16-17H2. The van der Waals surface area contributed by atoms with E-state index in [4.69, 9.17) is 11.5 Å². The topological polar surface area (TPSA) is 64.9 Å². The summed E-state index contributed by atoms with van der Waals surface area (Å²) in [5, 5.41) is 0.974. The van der Waals surface area contributed by atoms with E-state index < -0.39 is 0 Å². The van der Waals surface area contributed by atoms with E-state index in [1.54, 1.807) is 18.0 Å². The minimum absolute atomic E-state index is 0.744. The first-order chi connectivity index (χ1) is 9.25. The fourth-order valence-electron chi connectivity index (χ4n) is 1.94. The summed E-state index contributed by atoms with van der Waals surface area (Å²) < 4.78 is 0. The monoisotopic (exact) mass is 267 g/mol. The molecule has 3 rings (SSSR count). The van der Waals surface area contributed by atoms with Gasteiger partial charge in [-0.25, -0.2) is 0 Å². The Morgan fingerprint density at radius 2 is 1.63 bits per heavy atom. The van der Waals surface area contributed by atoms with Crippen LogP contribution in [-0.2, 0) is 0 Å². The number of anilines is 2. The van der Waals surface area contributed by atoms with Crippen LogP contribution in [0.3, 0.4) is 0 Å². The molecule has 0 saturated heterocycles. The van der Waals surface area contributed by atoms with E-state index in [-0.39, 0.29) is 0 Å². The number of nitrogens with zero attached hydrogens (tertiary/aromatic N) is 1. The first kappa shape index (κ1) is 11.9. The Morgan fingerprint density at radius 1 is 0.789 bits per heavy atom. The lowest BCUT2D eigenvalue weighted by Crippen LogP contribution is -1.91. The zero-order valence-corrected chi connectivity index (χ0v) is 11.0. The second kappa shape index (κ2) is 4.82. The Kier molecular flexibility index (Phi) is 3.01. The van der Waals surface area contributed by atoms with Gasteiger partial charge in [-0.2, -0.15) is 0 Å². The highest BCUT2D eigenvalue weighted by molar-refractivity contribution is 7.99. The van der Waals surface area contributed by atoms with Gasteiger partial charge < -0.3 is 11.5 Å². The maximum absolute atomic E-state index is 5.98. The molecular weight excluding hydrogens is 254 g/mol. The molecule has 0 spiro atoms. The van der Waals surface area contributed by atoms with Crippen molar-refractivity contribution >= 4 is 34.0 Å². The van der Waals surface area contributed by atoms with Gasteiger partial charge in [0.15, 0.2) is 0 Å². The molecule has 4 N–H and O–H groups in total. The number of nitrogen functional groups attached to an aromatic ring is 2. The van der Waals surface area contributed by atoms with Crippen molar-refractivity contribution in [2.45, 2.75) is 9.79 Å². The van der Waals surface area contributed by atoms with Crippen molar-refractivity contribution in [1.82, 2.24) is 4.98 Å². The molecule has 0 radical (unpaired) electrons. The van der Waals surface area contributed by atoms with E-state index in [0.29, 0.717) is 0 Å². The predicted octanol–water partition coefficient (Wildman–Crippen LogP) is 3.55. The van der Waals surface area contributed by atoms with E-state index in [2.05, 4.69) is 4.98 Å². The molecule has 0 bridgehead atoms. The number of hydrogen-bond donors (Lipinski definition) is 2. The normalized spacial score (nSPS) is 10.7. The van der Waals surface area contributed by atoms with E-state index in [9.17, 15) is 0 Å². The lowest BCUT2D eigenvalue weighted by Gasteiger charge is -2.09. The van der Waals surface area contributed by atoms with Crippen molar-refractivity contribution in [2.75, 3.05) is 11.5 Å². The van der Waals surface area contributed by atoms with Crippen LogP contribution in [-0.4, -0.2) is 4.98 Å². The van der Waals surface area contributed by atoms with Crippen LogP contribution < -0.4 is 11.5 Å². The predicted molar refractivity (Wildman–Crippen MR) is 81.1 cm³/mol. The second-order valence-electron chi connectivity index (χ2n) is 4.19. The van der Waals surface area contributed by atoms with Gasteiger partial charge in [-0.1, -0.05) is 23.9 Å². The summed E-state index contributed by atoms with van der Waals surface area (Å²) in [5.41, 5.74) is 14.4. The number of pyridine rings is 1. The van der Waals surface area contributed by atoms with E-state index in [1.165, 1.54) is 0 Å². The van der Waals surface area contributed by atoms with Crippen LogP contribution in [0, 0.1) is 0 Å². The van der Waals surface area contributed by atoms with Gasteiger partial charge in [0.05, 0.1) is 5.52 Å². The molecule has 0 amide bonds. The second-order valence-corrected chi connectivity index (χ2v) is 5.28. The lowest BCUT2D eigenvalue weighted by molar-refractivity contribution is 1.34. The molecule has 94 valence electrons. The number of para-hydroxylation sites is 1. The van der Waals surface area contributed by atoms with Crippen LogP contribution in [0.1, 0.15) is 0 Å². The molecule has 3 nitrogen and oxygen atoms in total. The number of nitrogens with two attached hydrogens (primary N) is 2. The average Bonchev–Trinajstić information content (AvgIpc) is 2.44. The highest BCUT2D eigenvalue weighted by atomic mass is 32.2. The summed E-state index contributed by atoms with van der Waals surface area (Å²) in [7, 11) is 0. The zero-order chi connectivity index (χ0) is 13.2. The minimum Gasteiger partial charge on any atom is -0.398 e. The molecule has 0 fully saturated rings. The molecule has 0 saturated carbocycles. The molecule has 0 unspecified atom stereocenters. The van der Waals surface area contributed by atoms with Gasteiger partial charge >= 0.3 is 0 Å². The third-order valence-electron chi connectivity index (χ3n) is 2.91. The molecule has 0 atom stereocenters. The van der Waals surface area contributed by atoms with Gasteiger partial charge in [0, 0.05) is 32.7 Å². The lowest BCUT2D eigenvalue weighted by atomic mass is 10.2. The van der Waals surface area contributed by atoms with Crippen molar-refractivity contribution in [3.63, 3.8) is 0 Å². The zero-order valence-electron chi connectivity index (χ0n) is 10.2. The van der Waals surface area contributed by atoms with Gasteiger partial charge in [-0.05, 0) is 36.4 Å². The summed E-state index contributed by atoms with van der Waals surface area (Å²) in [6.45, 7) is 0. The van der Waals surface area contributed by atoms with Crippen LogP contribution in [0.5, 0.6) is 0 Å². The Labute approximate surface area is 115 Å². The van der Waals surface area contributed by atoms with E-state index >= 15 is 0 Å². The summed E-state index contributed by atoms with van der Waals surface area (Å²) >= 11 is 1.61. The largest absolute Gasteiger partial charge is 0.398 e. The molecule has 0 aliphatic heterocycles. The number of fused-ring (bicyclic) bond motifs is 1. The number of aromatic nitrogens is 1. The molecule has 4 heteroatoms. The third-order valence-corrected chi connectivity index (χ3v) is 4.05. The molecule has 19 heavy (non-hydrogen) atoms. The summed E-state index contributed by atoms with van der Waals surface area (Å²) in [5.74, 6) is 0. The molecular formula is C15H13N3S. The summed E-state index contributed by atoms with van der Waals surface area (Å²) in [6.07, 6.45) is 1.78. The number of rotatable bonds is 2. The van der Waals surface area contributed by atoms with Crippen molar-refractivity contribution in [3.05, 3.63) is 54.7 Å². The molecule has 2 aromatic carbocycles. The summed E-state index contributed by atoms with van der Waals surface area (Å²) in [4.78, 5) is 6.51. The fourth-order valence-corrected chi connectivity index (χ4v) is 2.91. The van der Waals surface area contributed by atoms with Crippen LogP contribution in [0.4, 0.5) is 11.4 Å². The first-order valence-corrected chi connectivity index (χ1v) is 6.73. The van der Waals surface area contributed by atoms with Crippen molar-refractivity contribution in [2.24, 2.45) is 0 Å². The van der Waals surface area contributed by atoms with Crippen LogP contribution in [0.25, 0.3) is 10.9 Å². The Morgan fingerprint density at radius 3 is 2.47 bits per heavy atom. The van der Waals surface area contributed by atoms with Gasteiger partial charge in [-0.3, -0.25) is 4.98 Å². The fraction of sp³-hybridized carbons (Fsp3) is 0. The van der Waals surface area contributed by atoms with Gasteiger partial charge in [0.2, 0.25) is 0 Å². The molecule has 1 heterocycles. The van der Waals surface area contributed by atoms with E-state index in [1.807, 2.05) is 48.5 Å². The first-order valence-electron chi connectivity index (χ1n) is 5.91. The van der Waals surface area contributed by atoms with Gasteiger partial charge in [0.1, 0.15) is 0 Å². The van der Waals surface area contributed by atoms with Gasteiger partial charge in [0.25, 0.3) is 0 Å². The van der Waals surface area contributed by atoms with Crippen LogP contribution in [0.15, 0.2) is 64.5 Å². The molecule has 3 aromatic rings. The Hall–Kier alpha value is -2.20. The maximum atomic E-state index is 5.98.